The minimum atomic E-state index is 0.496. The summed E-state index contributed by atoms with van der Waals surface area (Å²) < 4.78 is 8.06. The summed E-state index contributed by atoms with van der Waals surface area (Å²) in [4.78, 5) is 4.72. The number of nitrogens with zero attached hydrogens (tertiary/aromatic N) is 4. The Morgan fingerprint density at radius 2 is 1.86 bits per heavy atom. The molecule has 0 saturated heterocycles. The summed E-state index contributed by atoms with van der Waals surface area (Å²) >= 11 is 0. The molecule has 2 aromatic carbocycles. The van der Waals surface area contributed by atoms with Gasteiger partial charge in [-0.25, -0.2) is 4.99 Å². The van der Waals surface area contributed by atoms with E-state index >= 15 is 0 Å². The Bertz CT molecular complexity index is 965. The summed E-state index contributed by atoms with van der Waals surface area (Å²) in [5.74, 6) is 4.09. The van der Waals surface area contributed by atoms with E-state index in [1.807, 2.05) is 61.9 Å². The molecule has 1 heterocycles. The number of rotatable bonds is 7. The molecule has 0 unspecified atom stereocenters. The Hall–Kier alpha value is -3.35. The third-order valence-electron chi connectivity index (χ3n) is 4.54. The molecule has 1 aromatic heterocycles. The quantitative estimate of drug-likeness (QED) is 0.476. The summed E-state index contributed by atoms with van der Waals surface area (Å²) in [6.07, 6.45) is 0. The van der Waals surface area contributed by atoms with E-state index < -0.39 is 0 Å². The second-order valence-corrected chi connectivity index (χ2v) is 6.80. The standard InChI is InChI=1S/C22H28N6O/c1-5-23-22(25-15-21-27-26-17(3)28(21)4)24-14-18-12-11-16(2)13-20(18)29-19-9-7-6-8-10-19/h6-13H,5,14-15H2,1-4H3,(H2,23,24,25). The average molecular weight is 393 g/mol. The topological polar surface area (TPSA) is 76.4 Å². The number of hydrogen-bond acceptors (Lipinski definition) is 4. The first-order valence-electron chi connectivity index (χ1n) is 9.76. The highest BCUT2D eigenvalue weighted by Gasteiger charge is 2.08. The van der Waals surface area contributed by atoms with Crippen molar-refractivity contribution < 1.29 is 4.74 Å². The molecule has 7 nitrogen and oxygen atoms in total. The van der Waals surface area contributed by atoms with Crippen molar-refractivity contribution in [1.82, 2.24) is 25.4 Å². The molecule has 0 saturated carbocycles. The van der Waals surface area contributed by atoms with Crippen LogP contribution in [-0.2, 0) is 20.1 Å². The van der Waals surface area contributed by atoms with Crippen LogP contribution in [0.3, 0.4) is 0 Å². The maximum absolute atomic E-state index is 6.10. The normalized spacial score (nSPS) is 11.4. The molecular weight excluding hydrogens is 364 g/mol. The van der Waals surface area contributed by atoms with Gasteiger partial charge < -0.3 is 19.9 Å². The second-order valence-electron chi connectivity index (χ2n) is 6.80. The maximum atomic E-state index is 6.10. The smallest absolute Gasteiger partial charge is 0.191 e. The van der Waals surface area contributed by atoms with Gasteiger partial charge in [-0.05, 0) is 44.5 Å². The van der Waals surface area contributed by atoms with E-state index in [1.165, 1.54) is 0 Å². The third kappa shape index (κ3) is 5.57. The molecule has 0 amide bonds. The first-order chi connectivity index (χ1) is 14.1. The number of hydrogen-bond donors (Lipinski definition) is 2. The van der Waals surface area contributed by atoms with Crippen LogP contribution < -0.4 is 15.4 Å². The zero-order chi connectivity index (χ0) is 20.6. The van der Waals surface area contributed by atoms with Crippen LogP contribution in [0.25, 0.3) is 0 Å². The second kappa shape index (κ2) is 9.73. The third-order valence-corrected chi connectivity index (χ3v) is 4.54. The van der Waals surface area contributed by atoms with Crippen molar-refractivity contribution in [3.05, 3.63) is 71.3 Å². The molecule has 0 atom stereocenters. The fraction of sp³-hybridized carbons (Fsp3) is 0.318. The van der Waals surface area contributed by atoms with Crippen LogP contribution >= 0.6 is 0 Å². The van der Waals surface area contributed by atoms with Gasteiger partial charge in [0.15, 0.2) is 11.8 Å². The lowest BCUT2D eigenvalue weighted by atomic mass is 10.1. The van der Waals surface area contributed by atoms with Gasteiger partial charge in [0.1, 0.15) is 17.3 Å². The minimum absolute atomic E-state index is 0.496. The molecule has 2 N–H and O–H groups in total. The molecule has 7 heteroatoms. The number of aromatic nitrogens is 3. The minimum Gasteiger partial charge on any atom is -0.457 e. The predicted molar refractivity (Wildman–Crippen MR) is 115 cm³/mol. The first-order valence-corrected chi connectivity index (χ1v) is 9.76. The van der Waals surface area contributed by atoms with Crippen LogP contribution in [0.4, 0.5) is 0 Å². The van der Waals surface area contributed by atoms with Crippen LogP contribution in [0.2, 0.25) is 0 Å². The highest BCUT2D eigenvalue weighted by molar-refractivity contribution is 5.79. The molecule has 0 fully saturated rings. The molecule has 3 aromatic rings. The predicted octanol–water partition coefficient (Wildman–Crippen LogP) is 3.48. The largest absolute Gasteiger partial charge is 0.457 e. The molecule has 3 rings (SSSR count). The number of guanidine groups is 1. The number of ether oxygens (including phenoxy) is 1. The van der Waals surface area contributed by atoms with E-state index in [9.17, 15) is 0 Å². The highest BCUT2D eigenvalue weighted by Crippen LogP contribution is 2.27. The van der Waals surface area contributed by atoms with E-state index in [4.69, 9.17) is 9.73 Å². The first kappa shape index (κ1) is 20.4. The molecule has 0 aliphatic rings. The summed E-state index contributed by atoms with van der Waals surface area (Å²) in [6, 6.07) is 16.0. The summed E-state index contributed by atoms with van der Waals surface area (Å²) in [6.45, 7) is 7.84. The molecular formula is C22H28N6O. The fourth-order valence-corrected chi connectivity index (χ4v) is 2.78. The SMILES string of the molecule is CCNC(=NCc1ccc(C)cc1Oc1ccccc1)NCc1nnc(C)n1C. The molecule has 0 bridgehead atoms. The van der Waals surface area contributed by atoms with E-state index in [2.05, 4.69) is 39.9 Å². The number of aliphatic imine (C=N–C) groups is 1. The van der Waals surface area contributed by atoms with Gasteiger partial charge in [-0.15, -0.1) is 10.2 Å². The van der Waals surface area contributed by atoms with Gasteiger partial charge in [0.05, 0.1) is 13.1 Å². The monoisotopic (exact) mass is 392 g/mol. The zero-order valence-corrected chi connectivity index (χ0v) is 17.4. The Morgan fingerprint density at radius 1 is 1.07 bits per heavy atom. The lowest BCUT2D eigenvalue weighted by Gasteiger charge is -2.13. The van der Waals surface area contributed by atoms with Crippen molar-refractivity contribution in [1.29, 1.82) is 0 Å². The van der Waals surface area contributed by atoms with Crippen molar-refractivity contribution in [2.24, 2.45) is 12.0 Å². The Kier molecular flexibility index (Phi) is 6.84. The summed E-state index contributed by atoms with van der Waals surface area (Å²) in [7, 11) is 1.95. The molecule has 0 spiro atoms. The van der Waals surface area contributed by atoms with Gasteiger partial charge in [-0.3, -0.25) is 0 Å². The van der Waals surface area contributed by atoms with Crippen molar-refractivity contribution in [3.8, 4) is 11.5 Å². The van der Waals surface area contributed by atoms with E-state index in [0.29, 0.717) is 13.1 Å². The van der Waals surface area contributed by atoms with Crippen LogP contribution in [0.15, 0.2) is 53.5 Å². The van der Waals surface area contributed by atoms with Gasteiger partial charge in [0.25, 0.3) is 0 Å². The Morgan fingerprint density at radius 3 is 2.55 bits per heavy atom. The number of aryl methyl sites for hydroxylation is 2. The molecule has 0 radical (unpaired) electrons. The zero-order valence-electron chi connectivity index (χ0n) is 17.4. The average Bonchev–Trinajstić information content (AvgIpc) is 3.04. The van der Waals surface area contributed by atoms with Crippen LogP contribution in [0.5, 0.6) is 11.5 Å². The molecule has 152 valence electrons. The van der Waals surface area contributed by atoms with Crippen molar-refractivity contribution in [3.63, 3.8) is 0 Å². The number of benzene rings is 2. The van der Waals surface area contributed by atoms with Gasteiger partial charge in [-0.1, -0.05) is 30.3 Å². The highest BCUT2D eigenvalue weighted by atomic mass is 16.5. The van der Waals surface area contributed by atoms with Gasteiger partial charge in [0.2, 0.25) is 0 Å². The lowest BCUT2D eigenvalue weighted by Crippen LogP contribution is -2.37. The van der Waals surface area contributed by atoms with Gasteiger partial charge >= 0.3 is 0 Å². The van der Waals surface area contributed by atoms with Crippen LogP contribution in [-0.4, -0.2) is 27.3 Å². The Labute approximate surface area is 171 Å². The Balaban J connectivity index is 1.73. The lowest BCUT2D eigenvalue weighted by molar-refractivity contribution is 0.476. The maximum Gasteiger partial charge on any atom is 0.191 e. The molecule has 0 aliphatic carbocycles. The van der Waals surface area contributed by atoms with E-state index in [1.54, 1.807) is 0 Å². The van der Waals surface area contributed by atoms with Gasteiger partial charge in [0, 0.05) is 19.2 Å². The number of nitrogens with one attached hydrogen (secondary N) is 2. The van der Waals surface area contributed by atoms with Crippen molar-refractivity contribution in [2.75, 3.05) is 6.54 Å². The summed E-state index contributed by atoms with van der Waals surface area (Å²) in [5, 5.41) is 14.9. The summed E-state index contributed by atoms with van der Waals surface area (Å²) in [5.41, 5.74) is 2.16. The van der Waals surface area contributed by atoms with Crippen LogP contribution in [0, 0.1) is 13.8 Å². The van der Waals surface area contributed by atoms with Crippen molar-refractivity contribution in [2.45, 2.75) is 33.9 Å². The van der Waals surface area contributed by atoms with Gasteiger partial charge in [-0.2, -0.15) is 0 Å². The van der Waals surface area contributed by atoms with Crippen molar-refractivity contribution >= 4 is 5.96 Å². The number of para-hydroxylation sites is 1. The van der Waals surface area contributed by atoms with Crippen LogP contribution in [0.1, 0.15) is 29.7 Å². The fourth-order valence-electron chi connectivity index (χ4n) is 2.78. The molecule has 0 aliphatic heterocycles. The molecule has 29 heavy (non-hydrogen) atoms. The van der Waals surface area contributed by atoms with E-state index in [-0.39, 0.29) is 0 Å². The van der Waals surface area contributed by atoms with E-state index in [0.717, 1.165) is 46.8 Å².